The molecule has 0 bridgehead atoms. The van der Waals surface area contributed by atoms with E-state index in [9.17, 15) is 0 Å². The van der Waals surface area contributed by atoms with Crippen LogP contribution in [0.4, 0.5) is 0 Å². The highest BCUT2D eigenvalue weighted by atomic mass is 16.5. The van der Waals surface area contributed by atoms with Gasteiger partial charge in [-0.3, -0.25) is 0 Å². The van der Waals surface area contributed by atoms with Crippen LogP contribution in [-0.2, 0) is 0 Å². The zero-order valence-corrected chi connectivity index (χ0v) is 36.8. The number of ether oxygens (including phenoxy) is 1. The van der Waals surface area contributed by atoms with Crippen molar-refractivity contribution >= 4 is 59.8 Å². The minimum atomic E-state index is -0.173. The first-order valence-corrected chi connectivity index (χ1v) is 23.2. The molecule has 14 rings (SSSR count). The van der Waals surface area contributed by atoms with Gasteiger partial charge in [0.05, 0.1) is 11.0 Å². The predicted octanol–water partition coefficient (Wildman–Crippen LogP) is 15.7. The van der Waals surface area contributed by atoms with Crippen LogP contribution in [0.1, 0.15) is 11.5 Å². The standard InChI is InChI=1S/C63H40N4O/c1-3-15-39(16-4-1)41-19-13-20-44(35-41)62-64-61(40-17-5-2-6-18-40)65-63(66-62)52-26-14-28-59-60(52)55-38-45(31-34-58(55)68-59)67-56-27-12-11-25-51(56)54-37-43(30-33-57(54)67)42-29-32-50-48-23-8-7-21-46(48)47-22-9-10-24-49(47)53(50)36-42/h1-38,55,58H. The largest absolute Gasteiger partial charge is 0.485 e. The molecule has 2 atom stereocenters. The molecule has 68 heavy (non-hydrogen) atoms. The summed E-state index contributed by atoms with van der Waals surface area (Å²) in [7, 11) is 0. The van der Waals surface area contributed by atoms with Crippen LogP contribution in [0.5, 0.6) is 5.75 Å². The third-order valence-electron chi connectivity index (χ3n) is 14.0. The van der Waals surface area contributed by atoms with Gasteiger partial charge in [0.15, 0.2) is 17.5 Å². The van der Waals surface area contributed by atoms with Crippen LogP contribution in [0.2, 0.25) is 0 Å². The summed E-state index contributed by atoms with van der Waals surface area (Å²) in [6.45, 7) is 0. The molecule has 0 radical (unpaired) electrons. The van der Waals surface area contributed by atoms with E-state index in [2.05, 4.69) is 205 Å². The first kappa shape index (κ1) is 38.3. The van der Waals surface area contributed by atoms with Crippen molar-refractivity contribution in [2.24, 2.45) is 0 Å². The van der Waals surface area contributed by atoms with Gasteiger partial charge in [0, 0.05) is 44.6 Å². The second-order valence-electron chi connectivity index (χ2n) is 17.8. The van der Waals surface area contributed by atoms with Crippen LogP contribution in [0.15, 0.2) is 231 Å². The molecule has 3 heterocycles. The minimum Gasteiger partial charge on any atom is -0.485 e. The molecule has 0 amide bonds. The normalized spacial score (nSPS) is 15.2. The summed E-state index contributed by atoms with van der Waals surface area (Å²) in [6.07, 6.45) is 6.64. The van der Waals surface area contributed by atoms with Gasteiger partial charge in [0.2, 0.25) is 0 Å². The number of para-hydroxylation sites is 1. The summed E-state index contributed by atoms with van der Waals surface area (Å²) in [5, 5.41) is 10.1. The topological polar surface area (TPSA) is 52.8 Å². The average Bonchev–Trinajstić information content (AvgIpc) is 3.96. The summed E-state index contributed by atoms with van der Waals surface area (Å²) in [6, 6.07) is 75.5. The lowest BCUT2D eigenvalue weighted by atomic mass is 9.87. The fraction of sp³-hybridized carbons (Fsp3) is 0.0317. The summed E-state index contributed by atoms with van der Waals surface area (Å²) in [4.78, 5) is 15.6. The van der Waals surface area contributed by atoms with E-state index in [0.29, 0.717) is 17.5 Å². The molecule has 5 heteroatoms. The highest BCUT2D eigenvalue weighted by molar-refractivity contribution is 6.26. The van der Waals surface area contributed by atoms with Crippen LogP contribution >= 0.6 is 0 Å². The maximum atomic E-state index is 6.74. The van der Waals surface area contributed by atoms with E-state index in [-0.39, 0.29) is 12.0 Å². The molecule has 0 saturated carbocycles. The Morgan fingerprint density at radius 1 is 0.368 bits per heavy atom. The van der Waals surface area contributed by atoms with Crippen molar-refractivity contribution in [2.45, 2.75) is 12.0 Å². The van der Waals surface area contributed by atoms with Gasteiger partial charge < -0.3 is 9.30 Å². The maximum absolute atomic E-state index is 6.74. The fourth-order valence-corrected chi connectivity index (χ4v) is 10.8. The number of nitrogens with zero attached hydrogens (tertiary/aromatic N) is 4. The fourth-order valence-electron chi connectivity index (χ4n) is 10.8. The van der Waals surface area contributed by atoms with E-state index in [1.807, 2.05) is 30.3 Å². The Morgan fingerprint density at radius 3 is 1.65 bits per heavy atom. The third kappa shape index (κ3) is 6.13. The van der Waals surface area contributed by atoms with E-state index in [1.54, 1.807) is 0 Å². The van der Waals surface area contributed by atoms with Crippen molar-refractivity contribution in [2.75, 3.05) is 0 Å². The van der Waals surface area contributed by atoms with Gasteiger partial charge in [-0.25, -0.2) is 15.0 Å². The molecule has 0 spiro atoms. The lowest BCUT2D eigenvalue weighted by molar-refractivity contribution is 0.269. The van der Waals surface area contributed by atoms with Crippen LogP contribution in [0.3, 0.4) is 0 Å². The monoisotopic (exact) mass is 868 g/mol. The molecular weight excluding hydrogens is 829 g/mol. The van der Waals surface area contributed by atoms with E-state index in [0.717, 1.165) is 55.9 Å². The molecule has 0 fully saturated rings. The highest BCUT2D eigenvalue weighted by Crippen LogP contribution is 2.48. The van der Waals surface area contributed by atoms with Crippen LogP contribution in [0, 0.1) is 0 Å². The van der Waals surface area contributed by atoms with Crippen molar-refractivity contribution in [3.8, 4) is 62.2 Å². The molecule has 0 N–H and O–H groups in total. The van der Waals surface area contributed by atoms with E-state index in [1.165, 1.54) is 54.2 Å². The predicted molar refractivity (Wildman–Crippen MR) is 280 cm³/mol. The van der Waals surface area contributed by atoms with Crippen molar-refractivity contribution in [3.63, 3.8) is 0 Å². The first-order valence-electron chi connectivity index (χ1n) is 23.2. The number of benzene rings is 10. The van der Waals surface area contributed by atoms with Crippen molar-refractivity contribution in [3.05, 3.63) is 236 Å². The molecule has 2 aliphatic rings. The lowest BCUT2D eigenvalue weighted by Crippen LogP contribution is -2.18. The maximum Gasteiger partial charge on any atom is 0.164 e. The summed E-state index contributed by atoms with van der Waals surface area (Å²) in [5.74, 6) is 2.62. The van der Waals surface area contributed by atoms with Gasteiger partial charge in [-0.2, -0.15) is 0 Å². The molecule has 1 aliphatic carbocycles. The third-order valence-corrected chi connectivity index (χ3v) is 14.0. The van der Waals surface area contributed by atoms with Crippen molar-refractivity contribution in [1.29, 1.82) is 0 Å². The average molecular weight is 869 g/mol. The molecule has 12 aromatic rings. The van der Waals surface area contributed by atoms with E-state index >= 15 is 0 Å². The highest BCUT2D eigenvalue weighted by Gasteiger charge is 2.37. The Bertz CT molecular complexity index is 4040. The van der Waals surface area contributed by atoms with Gasteiger partial charge in [-0.15, -0.1) is 0 Å². The van der Waals surface area contributed by atoms with Crippen LogP contribution < -0.4 is 4.74 Å². The molecular formula is C63H40N4O. The number of fused-ring (bicyclic) bond motifs is 12. The van der Waals surface area contributed by atoms with Crippen molar-refractivity contribution < 1.29 is 4.74 Å². The number of hydrogen-bond donors (Lipinski definition) is 0. The number of allylic oxidation sites excluding steroid dienone is 2. The van der Waals surface area contributed by atoms with Gasteiger partial charge >= 0.3 is 0 Å². The molecule has 5 nitrogen and oxygen atoms in total. The Kier molecular flexibility index (Phi) is 8.65. The minimum absolute atomic E-state index is 0.0815. The van der Waals surface area contributed by atoms with Crippen LogP contribution in [0.25, 0.3) is 116 Å². The second kappa shape index (κ2) is 15.3. The van der Waals surface area contributed by atoms with Gasteiger partial charge in [-0.1, -0.05) is 176 Å². The Labute approximate surface area is 392 Å². The zero-order chi connectivity index (χ0) is 44.7. The summed E-state index contributed by atoms with van der Waals surface area (Å²) < 4.78 is 9.15. The number of aromatic nitrogens is 4. The molecule has 2 aromatic heterocycles. The van der Waals surface area contributed by atoms with Gasteiger partial charge in [0.25, 0.3) is 0 Å². The Hall–Kier alpha value is -8.93. The summed E-state index contributed by atoms with van der Waals surface area (Å²) >= 11 is 0. The van der Waals surface area contributed by atoms with Gasteiger partial charge in [0.1, 0.15) is 11.9 Å². The van der Waals surface area contributed by atoms with Gasteiger partial charge in [-0.05, 0) is 109 Å². The first-order chi connectivity index (χ1) is 33.7. The van der Waals surface area contributed by atoms with Crippen molar-refractivity contribution in [1.82, 2.24) is 19.5 Å². The lowest BCUT2D eigenvalue weighted by Gasteiger charge is -2.21. The van der Waals surface area contributed by atoms with Crippen LogP contribution in [-0.4, -0.2) is 25.6 Å². The molecule has 10 aromatic carbocycles. The molecule has 318 valence electrons. The quantitative estimate of drug-likeness (QED) is 0.156. The Morgan fingerprint density at radius 2 is 0.897 bits per heavy atom. The van der Waals surface area contributed by atoms with E-state index in [4.69, 9.17) is 19.7 Å². The number of rotatable bonds is 6. The Balaban J connectivity index is 0.888. The number of hydrogen-bond acceptors (Lipinski definition) is 4. The SMILES string of the molecule is C1=CC2Oc3cccc(-c4nc(-c5ccccc5)nc(-c5cccc(-c6ccccc6)c5)n4)c3C2C=C1n1c2ccccc2c2cc(-c3ccc4c5ccccc5c5ccccc5c4c3)ccc21. The smallest absolute Gasteiger partial charge is 0.164 e. The van der Waals surface area contributed by atoms with E-state index < -0.39 is 0 Å². The molecule has 0 saturated heterocycles. The molecule has 1 aliphatic heterocycles. The zero-order valence-electron chi connectivity index (χ0n) is 36.8. The summed E-state index contributed by atoms with van der Waals surface area (Å²) in [5.41, 5.74) is 11.9. The molecule has 2 unspecified atom stereocenters. The second-order valence-corrected chi connectivity index (χ2v) is 17.8.